The van der Waals surface area contributed by atoms with Gasteiger partial charge in [0.1, 0.15) is 0 Å². The van der Waals surface area contributed by atoms with Crippen LogP contribution in [0.1, 0.15) is 54.3 Å². The molecule has 1 aliphatic rings. The maximum absolute atomic E-state index is 12.7. The number of hydrogen-bond acceptors (Lipinski definition) is 3. The molecule has 0 spiro atoms. The smallest absolute Gasteiger partial charge is 0.222 e. The van der Waals surface area contributed by atoms with E-state index in [0.717, 1.165) is 50.3 Å². The predicted octanol–water partition coefficient (Wildman–Crippen LogP) is 3.80. The molecule has 0 saturated carbocycles. The molecule has 0 aliphatic carbocycles. The van der Waals surface area contributed by atoms with Crippen LogP contribution in [0.5, 0.6) is 0 Å². The lowest BCUT2D eigenvalue weighted by molar-refractivity contribution is -0.133. The van der Waals surface area contributed by atoms with Gasteiger partial charge in [0.2, 0.25) is 5.91 Å². The average molecular weight is 419 g/mol. The van der Waals surface area contributed by atoms with Crippen molar-refractivity contribution >= 4 is 18.3 Å². The fraction of sp³-hybridized carbons (Fsp3) is 0.565. The summed E-state index contributed by atoms with van der Waals surface area (Å²) < 4.78 is 2.06. The second-order valence-corrected chi connectivity index (χ2v) is 8.39. The second-order valence-electron chi connectivity index (χ2n) is 8.39. The number of carbonyl (C=O) groups excluding carboxylic acids is 1. The highest BCUT2D eigenvalue weighted by Gasteiger charge is 2.26. The third-order valence-electron chi connectivity index (χ3n) is 6.13. The molecule has 1 aliphatic heterocycles. The Balaban J connectivity index is 0.00000300. The van der Waals surface area contributed by atoms with Crippen molar-refractivity contribution in [2.24, 2.45) is 11.7 Å². The quantitative estimate of drug-likeness (QED) is 0.775. The number of halogens is 1. The van der Waals surface area contributed by atoms with Crippen LogP contribution in [0, 0.1) is 26.7 Å². The lowest BCUT2D eigenvalue weighted by Gasteiger charge is -2.34. The minimum absolute atomic E-state index is 0. The van der Waals surface area contributed by atoms with Crippen LogP contribution in [0.2, 0.25) is 0 Å². The van der Waals surface area contributed by atoms with E-state index in [4.69, 9.17) is 10.8 Å². The first-order valence-electron chi connectivity index (χ1n) is 10.5. The molecule has 1 aromatic heterocycles. The summed E-state index contributed by atoms with van der Waals surface area (Å²) in [7, 11) is 0. The van der Waals surface area contributed by atoms with E-state index in [1.807, 2.05) is 18.7 Å². The Labute approximate surface area is 181 Å². The third-order valence-corrected chi connectivity index (χ3v) is 6.13. The minimum atomic E-state index is 0. The largest absolute Gasteiger partial charge is 0.342 e. The molecular formula is C23H35ClN4O. The first-order valence-corrected chi connectivity index (χ1v) is 10.5. The van der Waals surface area contributed by atoms with Crippen molar-refractivity contribution < 1.29 is 4.79 Å². The summed E-state index contributed by atoms with van der Waals surface area (Å²) in [4.78, 5) is 14.8. The Hall–Kier alpha value is -1.85. The van der Waals surface area contributed by atoms with Gasteiger partial charge in [0.25, 0.3) is 0 Å². The van der Waals surface area contributed by atoms with Crippen LogP contribution in [-0.4, -0.2) is 39.7 Å². The van der Waals surface area contributed by atoms with E-state index in [1.165, 1.54) is 16.7 Å². The van der Waals surface area contributed by atoms with Crippen molar-refractivity contribution in [3.05, 3.63) is 52.3 Å². The van der Waals surface area contributed by atoms with E-state index < -0.39 is 0 Å². The number of nitrogens with two attached hydrogens (primary N) is 1. The summed E-state index contributed by atoms with van der Waals surface area (Å²) in [6.45, 7) is 10.7. The second kappa shape index (κ2) is 10.3. The Morgan fingerprint density at radius 2 is 1.93 bits per heavy atom. The van der Waals surface area contributed by atoms with Crippen molar-refractivity contribution in [2.45, 2.75) is 66.0 Å². The zero-order valence-electron chi connectivity index (χ0n) is 18.1. The summed E-state index contributed by atoms with van der Waals surface area (Å²) in [5, 5.41) is 4.73. The van der Waals surface area contributed by atoms with Crippen LogP contribution in [0.25, 0.3) is 0 Å². The standard InChI is InChI=1S/C23H34N4O.ClH/c1-16-7-9-20(10-8-16)14-27-19(4)22(18(3)25-27)11-12-23(28)26-13-5-6-21(15-26)17(2)24;/h7-10,17,21H,5-6,11-15,24H2,1-4H3;1H. The van der Waals surface area contributed by atoms with E-state index in [1.54, 1.807) is 0 Å². The van der Waals surface area contributed by atoms with Crippen molar-refractivity contribution in [3.63, 3.8) is 0 Å². The Kier molecular flexibility index (Phi) is 8.29. The number of aryl methyl sites for hydroxylation is 2. The molecule has 0 bridgehead atoms. The topological polar surface area (TPSA) is 64.2 Å². The number of rotatable bonds is 6. The van der Waals surface area contributed by atoms with Gasteiger partial charge in [-0.15, -0.1) is 12.4 Å². The lowest BCUT2D eigenvalue weighted by atomic mass is 9.92. The van der Waals surface area contributed by atoms with Gasteiger partial charge in [-0.05, 0) is 64.0 Å². The summed E-state index contributed by atoms with van der Waals surface area (Å²) in [5.41, 5.74) is 12.0. The molecule has 2 unspecified atom stereocenters. The molecule has 29 heavy (non-hydrogen) atoms. The molecule has 2 aromatic rings. The van der Waals surface area contributed by atoms with Gasteiger partial charge in [-0.2, -0.15) is 5.10 Å². The molecule has 1 amide bonds. The highest BCUT2D eigenvalue weighted by atomic mass is 35.5. The Bertz CT molecular complexity index is 813. The average Bonchev–Trinajstić information content (AvgIpc) is 2.94. The SMILES string of the molecule is Cc1ccc(Cn2nc(C)c(CCC(=O)N3CCCC(C(C)N)C3)c2C)cc1.Cl. The summed E-state index contributed by atoms with van der Waals surface area (Å²) in [5.74, 6) is 0.675. The molecule has 5 nitrogen and oxygen atoms in total. The van der Waals surface area contributed by atoms with Crippen LogP contribution in [0.15, 0.2) is 24.3 Å². The number of amides is 1. The first kappa shape index (κ1) is 23.4. The summed E-state index contributed by atoms with van der Waals surface area (Å²) >= 11 is 0. The van der Waals surface area contributed by atoms with E-state index in [9.17, 15) is 4.79 Å². The van der Waals surface area contributed by atoms with Crippen molar-refractivity contribution in [1.82, 2.24) is 14.7 Å². The van der Waals surface area contributed by atoms with Gasteiger partial charge >= 0.3 is 0 Å². The molecule has 160 valence electrons. The van der Waals surface area contributed by atoms with Crippen molar-refractivity contribution in [1.29, 1.82) is 0 Å². The normalized spacial score (nSPS) is 17.7. The van der Waals surface area contributed by atoms with Gasteiger partial charge in [-0.25, -0.2) is 0 Å². The van der Waals surface area contributed by atoms with E-state index in [0.29, 0.717) is 12.3 Å². The number of nitrogens with zero attached hydrogens (tertiary/aromatic N) is 3. The highest BCUT2D eigenvalue weighted by molar-refractivity contribution is 5.85. The van der Waals surface area contributed by atoms with Gasteiger partial charge in [-0.1, -0.05) is 29.8 Å². The molecule has 1 aromatic carbocycles. The zero-order valence-corrected chi connectivity index (χ0v) is 19.0. The fourth-order valence-electron chi connectivity index (χ4n) is 4.17. The van der Waals surface area contributed by atoms with E-state index >= 15 is 0 Å². The number of likely N-dealkylation sites (tertiary alicyclic amines) is 1. The molecule has 2 atom stereocenters. The number of carbonyl (C=O) groups is 1. The Morgan fingerprint density at radius 3 is 2.59 bits per heavy atom. The molecular weight excluding hydrogens is 384 g/mol. The molecule has 1 fully saturated rings. The molecule has 2 N–H and O–H groups in total. The van der Waals surface area contributed by atoms with Crippen molar-refractivity contribution in [2.75, 3.05) is 13.1 Å². The van der Waals surface area contributed by atoms with Gasteiger partial charge in [-0.3, -0.25) is 9.48 Å². The van der Waals surface area contributed by atoms with Gasteiger partial charge in [0, 0.05) is 31.2 Å². The highest BCUT2D eigenvalue weighted by Crippen LogP contribution is 2.21. The molecule has 0 radical (unpaired) electrons. The van der Waals surface area contributed by atoms with E-state index in [2.05, 4.69) is 42.8 Å². The lowest BCUT2D eigenvalue weighted by Crippen LogP contribution is -2.45. The monoisotopic (exact) mass is 418 g/mol. The van der Waals surface area contributed by atoms with Crippen molar-refractivity contribution in [3.8, 4) is 0 Å². The number of benzene rings is 1. The predicted molar refractivity (Wildman–Crippen MR) is 121 cm³/mol. The fourth-order valence-corrected chi connectivity index (χ4v) is 4.17. The first-order chi connectivity index (χ1) is 13.3. The minimum Gasteiger partial charge on any atom is -0.342 e. The van der Waals surface area contributed by atoms with Crippen LogP contribution in [0.3, 0.4) is 0 Å². The number of hydrogen-bond donors (Lipinski definition) is 1. The third kappa shape index (κ3) is 5.83. The summed E-state index contributed by atoms with van der Waals surface area (Å²) in [6, 6.07) is 8.73. The zero-order chi connectivity index (χ0) is 20.3. The van der Waals surface area contributed by atoms with Gasteiger partial charge < -0.3 is 10.6 Å². The number of aromatic nitrogens is 2. The van der Waals surface area contributed by atoms with Crippen LogP contribution in [-0.2, 0) is 17.8 Å². The maximum Gasteiger partial charge on any atom is 0.222 e. The number of piperidine rings is 1. The van der Waals surface area contributed by atoms with Crippen LogP contribution in [0.4, 0.5) is 0 Å². The summed E-state index contributed by atoms with van der Waals surface area (Å²) in [6.07, 6.45) is 3.49. The molecule has 2 heterocycles. The van der Waals surface area contributed by atoms with Crippen LogP contribution >= 0.6 is 12.4 Å². The maximum atomic E-state index is 12.7. The van der Waals surface area contributed by atoms with Gasteiger partial charge in [0.15, 0.2) is 0 Å². The van der Waals surface area contributed by atoms with Gasteiger partial charge in [0.05, 0.1) is 12.2 Å². The van der Waals surface area contributed by atoms with E-state index in [-0.39, 0.29) is 24.4 Å². The Morgan fingerprint density at radius 1 is 1.24 bits per heavy atom. The molecule has 1 saturated heterocycles. The molecule has 3 rings (SSSR count). The molecule has 6 heteroatoms. The van der Waals surface area contributed by atoms with Crippen LogP contribution < -0.4 is 5.73 Å².